The number of halogens is 3. The monoisotopic (exact) mass is 721 g/mol. The van der Waals surface area contributed by atoms with Crippen LogP contribution in [0.15, 0.2) is 12.1 Å². The van der Waals surface area contributed by atoms with Gasteiger partial charge in [0.15, 0.2) is 5.82 Å². The van der Waals surface area contributed by atoms with Crippen LogP contribution in [0.4, 0.5) is 25.1 Å². The highest BCUT2D eigenvalue weighted by Gasteiger charge is 2.50. The van der Waals surface area contributed by atoms with E-state index in [9.17, 15) is 9.18 Å². The highest BCUT2D eigenvalue weighted by molar-refractivity contribution is 6.32. The van der Waals surface area contributed by atoms with Crippen molar-refractivity contribution in [2.24, 2.45) is 0 Å². The summed E-state index contributed by atoms with van der Waals surface area (Å²) < 4.78 is 44.2. The number of rotatable bonds is 7. The first-order valence-electron chi connectivity index (χ1n) is 18.7. The van der Waals surface area contributed by atoms with E-state index in [1.807, 2.05) is 25.7 Å². The van der Waals surface area contributed by atoms with Crippen LogP contribution in [0.2, 0.25) is 5.02 Å². The Labute approximate surface area is 302 Å². The largest absolute Gasteiger partial charge is 0.461 e. The van der Waals surface area contributed by atoms with E-state index in [0.717, 1.165) is 69.2 Å². The summed E-state index contributed by atoms with van der Waals surface area (Å²) in [4.78, 5) is 34.5. The third-order valence-electron chi connectivity index (χ3n) is 11.7. The third-order valence-corrected chi connectivity index (χ3v) is 12.1. The Morgan fingerprint density at radius 3 is 2.45 bits per heavy atom. The molecule has 4 atom stereocenters. The van der Waals surface area contributed by atoms with Crippen LogP contribution in [0.1, 0.15) is 102 Å². The normalized spacial score (nSPS) is 27.8. The molecule has 6 fully saturated rings. The minimum Gasteiger partial charge on any atom is -0.461 e. The molecule has 0 unspecified atom stereocenters. The number of alkyl halides is 1. The lowest BCUT2D eigenvalue weighted by Crippen LogP contribution is -2.57. The van der Waals surface area contributed by atoms with E-state index in [0.29, 0.717) is 53.5 Å². The molecule has 6 aliphatic rings. The maximum absolute atomic E-state index is 17.3. The van der Waals surface area contributed by atoms with E-state index < -0.39 is 23.1 Å². The van der Waals surface area contributed by atoms with Crippen molar-refractivity contribution in [1.82, 2.24) is 24.8 Å². The third kappa shape index (κ3) is 5.94. The number of piperazine rings is 1. The topological polar surface area (TPSA) is 110 Å². The van der Waals surface area contributed by atoms with Crippen LogP contribution >= 0.6 is 11.6 Å². The van der Waals surface area contributed by atoms with E-state index in [-0.39, 0.29) is 53.8 Å². The number of anilines is 2. The van der Waals surface area contributed by atoms with Gasteiger partial charge in [-0.15, -0.1) is 0 Å². The number of carbonyl (C=O) groups is 1. The molecule has 10 nitrogen and oxygen atoms in total. The van der Waals surface area contributed by atoms with Crippen molar-refractivity contribution in [3.8, 4) is 17.3 Å². The van der Waals surface area contributed by atoms with Gasteiger partial charge in [-0.05, 0) is 102 Å². The average Bonchev–Trinajstić information content (AvgIpc) is 3.98. The first-order chi connectivity index (χ1) is 24.4. The molecule has 272 valence electrons. The summed E-state index contributed by atoms with van der Waals surface area (Å²) in [6.07, 6.45) is 6.47. The number of benzene rings is 1. The van der Waals surface area contributed by atoms with E-state index >= 15 is 4.39 Å². The van der Waals surface area contributed by atoms with Gasteiger partial charge in [-0.2, -0.15) is 9.97 Å². The molecule has 51 heavy (non-hydrogen) atoms. The van der Waals surface area contributed by atoms with Crippen molar-refractivity contribution in [1.29, 1.82) is 0 Å². The van der Waals surface area contributed by atoms with Crippen LogP contribution < -0.4 is 15.4 Å². The first-order valence-corrected chi connectivity index (χ1v) is 19.0. The van der Waals surface area contributed by atoms with Gasteiger partial charge in [-0.25, -0.2) is 18.6 Å². The van der Waals surface area contributed by atoms with Gasteiger partial charge in [0.1, 0.15) is 35.4 Å². The molecule has 13 heteroatoms. The number of hydrogen-bond donors (Lipinski definition) is 1. The number of pyridine rings is 1. The molecular formula is C38H46ClF2N7O3. The summed E-state index contributed by atoms with van der Waals surface area (Å²) in [6, 6.07) is 3.40. The Morgan fingerprint density at radius 1 is 1.04 bits per heavy atom. The zero-order valence-electron chi connectivity index (χ0n) is 29.6. The molecule has 2 aromatic heterocycles. The highest BCUT2D eigenvalue weighted by Crippen LogP contribution is 2.51. The second kappa shape index (κ2) is 12.0. The number of amides is 1. The molecule has 1 aromatic carbocycles. The number of nitrogens with two attached hydrogens (primary N) is 1. The molecule has 9 rings (SSSR count). The first kappa shape index (κ1) is 33.3. The Balaban J connectivity index is 1.17. The van der Waals surface area contributed by atoms with Crippen molar-refractivity contribution in [3.05, 3.63) is 34.2 Å². The number of hydrogen-bond acceptors (Lipinski definition) is 9. The fraction of sp³-hybridized carbons (Fsp3) is 0.632. The lowest BCUT2D eigenvalue weighted by molar-refractivity contribution is 0.0122. The molecule has 3 aromatic rings. The van der Waals surface area contributed by atoms with Gasteiger partial charge in [0.05, 0.1) is 28.7 Å². The summed E-state index contributed by atoms with van der Waals surface area (Å²) in [5.41, 5.74) is 8.32. The van der Waals surface area contributed by atoms with Crippen molar-refractivity contribution >= 4 is 40.1 Å². The zero-order valence-corrected chi connectivity index (χ0v) is 30.3. The maximum atomic E-state index is 17.3. The smallest absolute Gasteiger partial charge is 0.410 e. The zero-order chi connectivity index (χ0) is 35.4. The number of carbonyl (C=O) groups excluding carboxylic acids is 1. The molecule has 6 heterocycles. The molecule has 2 saturated carbocycles. The van der Waals surface area contributed by atoms with Crippen LogP contribution in [0.25, 0.3) is 22.2 Å². The molecule has 2 aliphatic carbocycles. The summed E-state index contributed by atoms with van der Waals surface area (Å²) in [7, 11) is 0. The second-order valence-electron chi connectivity index (χ2n) is 16.8. The summed E-state index contributed by atoms with van der Waals surface area (Å²) in [6.45, 7) is 8.10. The Morgan fingerprint density at radius 2 is 1.76 bits per heavy atom. The quantitative estimate of drug-likeness (QED) is 0.250. The number of nitrogens with zero attached hydrogens (tertiary/aromatic N) is 6. The summed E-state index contributed by atoms with van der Waals surface area (Å²) >= 11 is 6.77. The van der Waals surface area contributed by atoms with E-state index in [2.05, 4.69) is 9.80 Å². The van der Waals surface area contributed by atoms with Gasteiger partial charge in [0.2, 0.25) is 0 Å². The molecule has 0 radical (unpaired) electrons. The van der Waals surface area contributed by atoms with E-state index in [1.54, 1.807) is 12.1 Å². The van der Waals surface area contributed by atoms with E-state index in [1.165, 1.54) is 0 Å². The molecule has 2 bridgehead atoms. The molecule has 0 spiro atoms. The number of fused-ring (bicyclic) bond motifs is 4. The predicted octanol–water partition coefficient (Wildman–Crippen LogP) is 7.36. The number of aromatic nitrogens is 3. The fourth-order valence-corrected chi connectivity index (χ4v) is 9.63. The maximum Gasteiger partial charge on any atom is 0.410 e. The van der Waals surface area contributed by atoms with Gasteiger partial charge in [-0.3, -0.25) is 9.80 Å². The summed E-state index contributed by atoms with van der Waals surface area (Å²) in [5.74, 6) is 0.365. The van der Waals surface area contributed by atoms with Gasteiger partial charge < -0.3 is 20.1 Å². The van der Waals surface area contributed by atoms with E-state index in [4.69, 9.17) is 41.8 Å². The molecular weight excluding hydrogens is 676 g/mol. The number of ether oxygens (including phenoxy) is 2. The van der Waals surface area contributed by atoms with Gasteiger partial charge in [-0.1, -0.05) is 11.6 Å². The second-order valence-corrected chi connectivity index (χ2v) is 17.2. The lowest BCUT2D eigenvalue weighted by Gasteiger charge is -2.42. The number of nitrogen functional groups attached to an aromatic ring is 1. The van der Waals surface area contributed by atoms with Crippen molar-refractivity contribution in [2.45, 2.75) is 120 Å². The minimum absolute atomic E-state index is 0.0637. The van der Waals surface area contributed by atoms with Crippen LogP contribution in [-0.2, 0) is 4.74 Å². The van der Waals surface area contributed by atoms with Crippen molar-refractivity contribution in [3.63, 3.8) is 0 Å². The predicted molar refractivity (Wildman–Crippen MR) is 192 cm³/mol. The minimum atomic E-state index is -0.906. The van der Waals surface area contributed by atoms with Crippen molar-refractivity contribution in [2.75, 3.05) is 43.4 Å². The Bertz CT molecular complexity index is 1900. The SMILES string of the molecule is CC(C)(C)OC(=O)N1[C@@H]2CC[C@H]1CN(c1nc(OC[C@@]34CCCN3C[C@H](F)C4)nc3c(F)c(-c4cc(N)cc(Cl)c4C4CC4)nc(C4CC4)c13)C2. The summed E-state index contributed by atoms with van der Waals surface area (Å²) in [5, 5.41) is 1.11. The standard InChI is InChI=1S/C38H46ClF2N7O3/c1-37(2,3)51-36(49)48-24-9-10-25(48)18-46(17-24)34-29-31(21-7-8-21)43-32(26-13-23(42)14-27(39)28(26)20-5-6-20)30(41)33(29)44-35(45-34)50-19-38-11-4-12-47(38)16-22(40)15-38/h13-14,20-22,24-25H,4-12,15-19,42H2,1-3H3/t22-,24-,25+,38+/m1/s1. The van der Waals surface area contributed by atoms with Gasteiger partial charge in [0, 0.05) is 48.2 Å². The molecule has 4 aliphatic heterocycles. The van der Waals surface area contributed by atoms with Crippen LogP contribution in [-0.4, -0.2) is 93.0 Å². The average molecular weight is 722 g/mol. The van der Waals surface area contributed by atoms with Crippen molar-refractivity contribution < 1.29 is 23.0 Å². The van der Waals surface area contributed by atoms with Crippen LogP contribution in [0.3, 0.4) is 0 Å². The fourth-order valence-electron chi connectivity index (χ4n) is 9.24. The Hall–Kier alpha value is -3.51. The van der Waals surface area contributed by atoms with Crippen LogP contribution in [0.5, 0.6) is 6.01 Å². The molecule has 4 saturated heterocycles. The molecule has 1 amide bonds. The highest BCUT2D eigenvalue weighted by atomic mass is 35.5. The van der Waals surface area contributed by atoms with Gasteiger partial charge in [0.25, 0.3) is 0 Å². The lowest BCUT2D eigenvalue weighted by atomic mass is 9.95. The molecule has 2 N–H and O–H groups in total. The van der Waals surface area contributed by atoms with Gasteiger partial charge >= 0.3 is 12.1 Å². The van der Waals surface area contributed by atoms with Crippen LogP contribution in [0, 0.1) is 5.82 Å². The Kier molecular flexibility index (Phi) is 7.85.